The minimum atomic E-state index is -1.17. The lowest BCUT2D eigenvalue weighted by Gasteiger charge is -2.40. The number of anilines is 1. The largest absolute Gasteiger partial charge is 0.495 e. The highest BCUT2D eigenvalue weighted by Gasteiger charge is 2.43. The van der Waals surface area contributed by atoms with Gasteiger partial charge in [-0.05, 0) is 36.8 Å². The van der Waals surface area contributed by atoms with Gasteiger partial charge in [0.1, 0.15) is 11.8 Å². The van der Waals surface area contributed by atoms with E-state index in [1.54, 1.807) is 26.2 Å². The lowest BCUT2D eigenvalue weighted by atomic mass is 9.90. The maximum absolute atomic E-state index is 13.3. The maximum atomic E-state index is 13.3. The molecular weight excluding hydrogens is 492 g/mol. The van der Waals surface area contributed by atoms with Crippen molar-refractivity contribution >= 4 is 23.5 Å². The minimum absolute atomic E-state index is 0.145. The van der Waals surface area contributed by atoms with Crippen LogP contribution in [0.15, 0.2) is 41.4 Å². The zero-order valence-electron chi connectivity index (χ0n) is 22.4. The molecule has 0 spiro atoms. The summed E-state index contributed by atoms with van der Waals surface area (Å²) in [6, 6.07) is 10.4. The second kappa shape index (κ2) is 11.9. The first-order valence-corrected chi connectivity index (χ1v) is 12.4. The molecule has 2 aromatic carbocycles. The number of piperazine rings is 1. The second-order valence-electron chi connectivity index (χ2n) is 8.72. The molecule has 11 heteroatoms. The van der Waals surface area contributed by atoms with Gasteiger partial charge in [0.2, 0.25) is 17.6 Å². The Morgan fingerprint density at radius 3 is 2.11 bits per heavy atom. The van der Waals surface area contributed by atoms with E-state index >= 15 is 0 Å². The molecule has 1 fully saturated rings. The van der Waals surface area contributed by atoms with Crippen LogP contribution in [0.1, 0.15) is 18.5 Å². The molecular formula is C27H34N4O7. The van der Waals surface area contributed by atoms with E-state index in [0.717, 1.165) is 11.4 Å². The first kappa shape index (κ1) is 26.9. The molecule has 38 heavy (non-hydrogen) atoms. The van der Waals surface area contributed by atoms with Crippen LogP contribution in [-0.2, 0) is 14.3 Å². The Kier molecular flexibility index (Phi) is 8.45. The zero-order valence-corrected chi connectivity index (χ0v) is 22.4. The van der Waals surface area contributed by atoms with Crippen molar-refractivity contribution in [2.75, 3.05) is 66.1 Å². The smallest absolute Gasteiger partial charge is 0.321 e. The molecule has 2 aliphatic rings. The van der Waals surface area contributed by atoms with Crippen LogP contribution in [-0.4, -0.2) is 84.0 Å². The van der Waals surface area contributed by atoms with Crippen molar-refractivity contribution in [1.82, 2.24) is 10.2 Å². The number of para-hydroxylation sites is 2. The van der Waals surface area contributed by atoms with E-state index in [0.29, 0.717) is 55.0 Å². The molecule has 0 bridgehead atoms. The van der Waals surface area contributed by atoms with Crippen LogP contribution in [0.4, 0.5) is 5.69 Å². The van der Waals surface area contributed by atoms with E-state index in [4.69, 9.17) is 28.7 Å². The lowest BCUT2D eigenvalue weighted by molar-refractivity contribution is -0.153. The summed E-state index contributed by atoms with van der Waals surface area (Å²) < 4.78 is 27.2. The molecule has 2 aliphatic heterocycles. The topological polar surface area (TPSA) is 111 Å². The summed E-state index contributed by atoms with van der Waals surface area (Å²) in [4.78, 5) is 35.3. The monoisotopic (exact) mass is 526 g/mol. The molecule has 2 heterocycles. The number of benzene rings is 2. The van der Waals surface area contributed by atoms with E-state index in [9.17, 15) is 9.59 Å². The van der Waals surface area contributed by atoms with E-state index in [2.05, 4.69) is 10.2 Å². The summed E-state index contributed by atoms with van der Waals surface area (Å²) in [6.07, 6.45) is 0. The van der Waals surface area contributed by atoms with Gasteiger partial charge in [-0.25, -0.2) is 4.99 Å². The van der Waals surface area contributed by atoms with Crippen molar-refractivity contribution in [3.63, 3.8) is 0 Å². The Morgan fingerprint density at radius 1 is 0.921 bits per heavy atom. The normalized spacial score (nSPS) is 19.3. The third kappa shape index (κ3) is 5.27. The van der Waals surface area contributed by atoms with Crippen LogP contribution >= 0.6 is 0 Å². The van der Waals surface area contributed by atoms with Gasteiger partial charge in [0, 0.05) is 26.2 Å². The Balaban J connectivity index is 1.66. The van der Waals surface area contributed by atoms with Crippen molar-refractivity contribution in [2.45, 2.75) is 13.0 Å². The number of rotatable bonds is 8. The quantitative estimate of drug-likeness (QED) is 0.409. The van der Waals surface area contributed by atoms with Gasteiger partial charge < -0.3 is 33.5 Å². The maximum Gasteiger partial charge on any atom is 0.321 e. The van der Waals surface area contributed by atoms with E-state index in [-0.39, 0.29) is 6.61 Å². The minimum Gasteiger partial charge on any atom is -0.495 e. The van der Waals surface area contributed by atoms with Gasteiger partial charge in [-0.2, -0.15) is 0 Å². The van der Waals surface area contributed by atoms with Crippen LogP contribution in [0.5, 0.6) is 23.0 Å². The number of guanidine groups is 1. The van der Waals surface area contributed by atoms with Crippen LogP contribution in [0.3, 0.4) is 0 Å². The van der Waals surface area contributed by atoms with Gasteiger partial charge in [-0.15, -0.1) is 0 Å². The SMILES string of the molecule is CCOC(=O)C1C(=O)NC(N2CCN(c3ccccc3OC)CC2)=NC1c1cc(OC)c(OC)c(OC)c1. The summed E-state index contributed by atoms with van der Waals surface area (Å²) in [5, 5.41) is 2.84. The molecule has 0 aromatic heterocycles. The van der Waals surface area contributed by atoms with Gasteiger partial charge in [-0.1, -0.05) is 12.1 Å². The second-order valence-corrected chi connectivity index (χ2v) is 8.72. The number of methoxy groups -OCH3 is 4. The number of nitrogens with one attached hydrogen (secondary N) is 1. The number of amides is 1. The molecule has 0 saturated carbocycles. The fraction of sp³-hybridized carbons (Fsp3) is 0.444. The molecule has 0 radical (unpaired) electrons. The molecule has 4 rings (SSSR count). The van der Waals surface area contributed by atoms with Crippen LogP contribution < -0.4 is 29.2 Å². The molecule has 2 atom stereocenters. The highest BCUT2D eigenvalue weighted by Crippen LogP contribution is 2.42. The Labute approximate surface area is 222 Å². The van der Waals surface area contributed by atoms with Crippen LogP contribution in [0.25, 0.3) is 0 Å². The van der Waals surface area contributed by atoms with Gasteiger partial charge in [0.25, 0.3) is 0 Å². The van der Waals surface area contributed by atoms with Gasteiger partial charge in [0.15, 0.2) is 17.4 Å². The fourth-order valence-corrected chi connectivity index (χ4v) is 4.79. The Hall–Kier alpha value is -4.15. The molecule has 2 unspecified atom stereocenters. The first-order valence-electron chi connectivity index (χ1n) is 12.4. The van der Waals surface area contributed by atoms with Gasteiger partial charge in [-0.3, -0.25) is 14.9 Å². The molecule has 1 amide bonds. The van der Waals surface area contributed by atoms with Crippen molar-refractivity contribution in [3.8, 4) is 23.0 Å². The van der Waals surface area contributed by atoms with E-state index in [1.807, 2.05) is 29.2 Å². The standard InChI is InChI=1S/C27H34N4O7/c1-6-38-26(33)22-23(17-15-20(35-3)24(37-5)21(16-17)36-4)28-27(29-25(22)32)31-13-11-30(12-14-31)18-9-7-8-10-19(18)34-2/h7-10,15-16,22-23H,6,11-14H2,1-5H3,(H,28,29,32). The lowest BCUT2D eigenvalue weighted by Crippen LogP contribution is -2.57. The Morgan fingerprint density at radius 2 is 1.53 bits per heavy atom. The third-order valence-corrected chi connectivity index (χ3v) is 6.67. The molecule has 2 aromatic rings. The molecule has 204 valence electrons. The summed E-state index contributed by atoms with van der Waals surface area (Å²) in [5.41, 5.74) is 1.58. The van der Waals surface area contributed by atoms with Gasteiger partial charge in [0.05, 0.1) is 40.7 Å². The predicted molar refractivity (Wildman–Crippen MR) is 141 cm³/mol. The average Bonchev–Trinajstić information content (AvgIpc) is 2.95. The number of aliphatic imine (C=N–C) groups is 1. The van der Waals surface area contributed by atoms with Gasteiger partial charge >= 0.3 is 5.97 Å². The van der Waals surface area contributed by atoms with Crippen molar-refractivity contribution in [3.05, 3.63) is 42.0 Å². The average molecular weight is 527 g/mol. The third-order valence-electron chi connectivity index (χ3n) is 6.67. The molecule has 11 nitrogen and oxygen atoms in total. The summed E-state index contributed by atoms with van der Waals surface area (Å²) in [7, 11) is 6.18. The van der Waals surface area contributed by atoms with Crippen molar-refractivity contribution in [1.29, 1.82) is 0 Å². The first-order chi connectivity index (χ1) is 18.4. The van der Waals surface area contributed by atoms with E-state index in [1.165, 1.54) is 21.3 Å². The zero-order chi connectivity index (χ0) is 27.2. The van der Waals surface area contributed by atoms with E-state index < -0.39 is 23.8 Å². The number of ether oxygens (including phenoxy) is 5. The number of hydrogen-bond donors (Lipinski definition) is 1. The molecule has 1 saturated heterocycles. The van der Waals surface area contributed by atoms with Crippen molar-refractivity contribution in [2.24, 2.45) is 10.9 Å². The summed E-state index contributed by atoms with van der Waals surface area (Å²) >= 11 is 0. The number of esters is 1. The number of carbonyl (C=O) groups is 2. The Bertz CT molecular complexity index is 1170. The van der Waals surface area contributed by atoms with Crippen molar-refractivity contribution < 1.29 is 33.3 Å². The number of carbonyl (C=O) groups excluding carboxylic acids is 2. The highest BCUT2D eigenvalue weighted by molar-refractivity contribution is 6.08. The van der Waals surface area contributed by atoms with Crippen LogP contribution in [0, 0.1) is 5.92 Å². The van der Waals surface area contributed by atoms with Crippen LogP contribution in [0.2, 0.25) is 0 Å². The fourth-order valence-electron chi connectivity index (χ4n) is 4.79. The molecule has 1 N–H and O–H groups in total. The number of hydrogen-bond acceptors (Lipinski definition) is 10. The summed E-state index contributed by atoms with van der Waals surface area (Å²) in [5.74, 6) is 0.139. The number of nitrogens with zero attached hydrogens (tertiary/aromatic N) is 3. The molecule has 0 aliphatic carbocycles. The predicted octanol–water partition coefficient (Wildman–Crippen LogP) is 2.25. The summed E-state index contributed by atoms with van der Waals surface area (Å²) in [6.45, 7) is 4.47. The highest BCUT2D eigenvalue weighted by atomic mass is 16.5.